The standard InChI is InChI=1S/C12H22N4OS/c1-12(2,18-3)10(13)11(17)15-5-4-7-16-8-6-14-9-16/h6,8-10H,4-5,7,13H2,1-3H3,(H,15,17)/t10-/m1/s1. The molecule has 5 nitrogen and oxygen atoms in total. The Labute approximate surface area is 113 Å². The minimum atomic E-state index is -0.485. The van der Waals surface area contributed by atoms with E-state index in [1.807, 2.05) is 30.9 Å². The molecule has 3 N–H and O–H groups in total. The van der Waals surface area contributed by atoms with Crippen LogP contribution in [0.1, 0.15) is 20.3 Å². The third kappa shape index (κ3) is 4.34. The van der Waals surface area contributed by atoms with Crippen LogP contribution in [0.15, 0.2) is 18.7 Å². The Morgan fingerprint density at radius 1 is 1.61 bits per heavy atom. The van der Waals surface area contributed by atoms with Crippen molar-refractivity contribution < 1.29 is 4.79 Å². The molecule has 0 bridgehead atoms. The molecular formula is C12H22N4OS. The van der Waals surface area contributed by atoms with Crippen molar-refractivity contribution in [2.75, 3.05) is 12.8 Å². The first-order valence-electron chi connectivity index (χ1n) is 6.01. The highest BCUT2D eigenvalue weighted by molar-refractivity contribution is 8.00. The van der Waals surface area contributed by atoms with Crippen LogP contribution < -0.4 is 11.1 Å². The third-order valence-corrected chi connectivity index (χ3v) is 4.32. The van der Waals surface area contributed by atoms with Gasteiger partial charge in [0.05, 0.1) is 12.4 Å². The van der Waals surface area contributed by atoms with E-state index in [9.17, 15) is 4.79 Å². The fourth-order valence-corrected chi connectivity index (χ4v) is 1.81. The van der Waals surface area contributed by atoms with E-state index in [0.717, 1.165) is 13.0 Å². The van der Waals surface area contributed by atoms with Gasteiger partial charge in [0.15, 0.2) is 0 Å². The van der Waals surface area contributed by atoms with E-state index < -0.39 is 6.04 Å². The number of amides is 1. The van der Waals surface area contributed by atoms with Crippen LogP contribution in [-0.4, -0.2) is 39.0 Å². The Hall–Kier alpha value is -1.01. The van der Waals surface area contributed by atoms with Crippen molar-refractivity contribution in [2.24, 2.45) is 5.73 Å². The molecule has 1 aromatic heterocycles. The van der Waals surface area contributed by atoms with Gasteiger partial charge in [0.2, 0.25) is 5.91 Å². The molecule has 0 unspecified atom stereocenters. The second kappa shape index (κ2) is 6.80. The summed E-state index contributed by atoms with van der Waals surface area (Å²) < 4.78 is 1.74. The largest absolute Gasteiger partial charge is 0.355 e. The number of thioether (sulfide) groups is 1. The number of nitrogens with zero attached hydrogens (tertiary/aromatic N) is 2. The summed E-state index contributed by atoms with van der Waals surface area (Å²) >= 11 is 1.60. The lowest BCUT2D eigenvalue weighted by Crippen LogP contribution is -2.52. The lowest BCUT2D eigenvalue weighted by molar-refractivity contribution is -0.122. The molecule has 0 spiro atoms. The third-order valence-electron chi connectivity index (χ3n) is 3.01. The highest BCUT2D eigenvalue weighted by atomic mass is 32.2. The van der Waals surface area contributed by atoms with Crippen molar-refractivity contribution in [3.05, 3.63) is 18.7 Å². The van der Waals surface area contributed by atoms with Gasteiger partial charge in [-0.15, -0.1) is 0 Å². The maximum atomic E-state index is 11.8. The van der Waals surface area contributed by atoms with Gasteiger partial charge in [-0.25, -0.2) is 4.98 Å². The average Bonchev–Trinajstić information content (AvgIpc) is 2.86. The van der Waals surface area contributed by atoms with E-state index in [2.05, 4.69) is 10.3 Å². The van der Waals surface area contributed by atoms with Crippen LogP contribution in [0.25, 0.3) is 0 Å². The highest BCUT2D eigenvalue weighted by Gasteiger charge is 2.30. The molecule has 0 aliphatic carbocycles. The number of nitrogens with one attached hydrogen (secondary N) is 1. The van der Waals surface area contributed by atoms with Crippen molar-refractivity contribution in [1.29, 1.82) is 0 Å². The maximum Gasteiger partial charge on any atom is 0.238 e. The summed E-state index contributed by atoms with van der Waals surface area (Å²) in [6.45, 7) is 5.44. The number of aryl methyl sites for hydroxylation is 1. The van der Waals surface area contributed by atoms with Crippen LogP contribution in [0, 0.1) is 0 Å². The molecule has 6 heteroatoms. The normalized spacial score (nSPS) is 13.3. The fraction of sp³-hybridized carbons (Fsp3) is 0.667. The van der Waals surface area contributed by atoms with Gasteiger partial charge in [0.1, 0.15) is 0 Å². The molecule has 18 heavy (non-hydrogen) atoms. The molecule has 0 aliphatic heterocycles. The fourth-order valence-electron chi connectivity index (χ4n) is 1.44. The number of carbonyl (C=O) groups is 1. The van der Waals surface area contributed by atoms with E-state index in [4.69, 9.17) is 5.73 Å². The van der Waals surface area contributed by atoms with Crippen molar-refractivity contribution in [3.63, 3.8) is 0 Å². The molecule has 0 aliphatic rings. The first-order chi connectivity index (χ1) is 8.47. The van der Waals surface area contributed by atoms with Crippen molar-refractivity contribution in [2.45, 2.75) is 37.6 Å². The Balaban J connectivity index is 2.25. The summed E-state index contributed by atoms with van der Waals surface area (Å²) in [5.41, 5.74) is 5.93. The Morgan fingerprint density at radius 2 is 2.33 bits per heavy atom. The summed E-state index contributed by atoms with van der Waals surface area (Å²) in [5, 5.41) is 2.87. The number of aromatic nitrogens is 2. The predicted molar refractivity (Wildman–Crippen MR) is 75.4 cm³/mol. The van der Waals surface area contributed by atoms with Crippen molar-refractivity contribution >= 4 is 17.7 Å². The van der Waals surface area contributed by atoms with Gasteiger partial charge in [-0.1, -0.05) is 0 Å². The summed E-state index contributed by atoms with van der Waals surface area (Å²) in [6, 6.07) is -0.485. The van der Waals surface area contributed by atoms with Gasteiger partial charge in [0.25, 0.3) is 0 Å². The number of imidazole rings is 1. The van der Waals surface area contributed by atoms with Gasteiger partial charge >= 0.3 is 0 Å². The Kier molecular flexibility index (Phi) is 5.68. The number of hydrogen-bond acceptors (Lipinski definition) is 4. The average molecular weight is 270 g/mol. The molecule has 0 saturated heterocycles. The lowest BCUT2D eigenvalue weighted by atomic mass is 10.0. The monoisotopic (exact) mass is 270 g/mol. The van der Waals surface area contributed by atoms with E-state index >= 15 is 0 Å². The van der Waals surface area contributed by atoms with Crippen LogP contribution in [0.2, 0.25) is 0 Å². The molecule has 102 valence electrons. The second-order valence-electron chi connectivity index (χ2n) is 4.73. The van der Waals surface area contributed by atoms with E-state index in [1.54, 1.807) is 24.3 Å². The van der Waals surface area contributed by atoms with Gasteiger partial charge in [0, 0.05) is 30.2 Å². The highest BCUT2D eigenvalue weighted by Crippen LogP contribution is 2.24. The number of carbonyl (C=O) groups excluding carboxylic acids is 1. The summed E-state index contributed by atoms with van der Waals surface area (Å²) in [6.07, 6.45) is 8.25. The minimum absolute atomic E-state index is 0.0834. The first-order valence-corrected chi connectivity index (χ1v) is 7.24. The molecular weight excluding hydrogens is 248 g/mol. The maximum absolute atomic E-state index is 11.8. The van der Waals surface area contributed by atoms with Crippen LogP contribution in [0.5, 0.6) is 0 Å². The van der Waals surface area contributed by atoms with Crippen LogP contribution >= 0.6 is 11.8 Å². The quantitative estimate of drug-likeness (QED) is 0.721. The molecule has 1 aromatic rings. The molecule has 0 aromatic carbocycles. The van der Waals surface area contributed by atoms with Gasteiger partial charge in [-0.2, -0.15) is 11.8 Å². The van der Waals surface area contributed by atoms with Crippen LogP contribution in [-0.2, 0) is 11.3 Å². The summed E-state index contributed by atoms with van der Waals surface area (Å²) in [7, 11) is 0. The van der Waals surface area contributed by atoms with E-state index in [-0.39, 0.29) is 10.7 Å². The van der Waals surface area contributed by atoms with Gasteiger partial charge < -0.3 is 15.6 Å². The second-order valence-corrected chi connectivity index (χ2v) is 6.19. The Bertz CT molecular complexity index is 364. The SMILES string of the molecule is CSC(C)(C)[C@H](N)C(=O)NCCCn1ccnc1. The minimum Gasteiger partial charge on any atom is -0.355 e. The van der Waals surface area contributed by atoms with Crippen LogP contribution in [0.3, 0.4) is 0 Å². The molecule has 1 atom stereocenters. The van der Waals surface area contributed by atoms with Gasteiger partial charge in [-0.05, 0) is 26.5 Å². The van der Waals surface area contributed by atoms with E-state index in [0.29, 0.717) is 6.54 Å². The van der Waals surface area contributed by atoms with E-state index in [1.165, 1.54) is 0 Å². The van der Waals surface area contributed by atoms with Crippen molar-refractivity contribution in [3.8, 4) is 0 Å². The molecule has 1 heterocycles. The predicted octanol–water partition coefficient (Wildman–Crippen LogP) is 0.858. The lowest BCUT2D eigenvalue weighted by Gasteiger charge is -2.28. The zero-order valence-corrected chi connectivity index (χ0v) is 12.0. The Morgan fingerprint density at radius 3 is 2.89 bits per heavy atom. The first kappa shape index (κ1) is 15.0. The van der Waals surface area contributed by atoms with Crippen molar-refractivity contribution in [1.82, 2.24) is 14.9 Å². The molecule has 0 saturated carbocycles. The molecule has 0 fully saturated rings. The zero-order chi connectivity index (χ0) is 13.6. The summed E-state index contributed by atoms with van der Waals surface area (Å²) in [4.78, 5) is 15.8. The molecule has 0 radical (unpaired) electrons. The number of hydrogen-bond donors (Lipinski definition) is 2. The number of nitrogens with two attached hydrogens (primary N) is 1. The van der Waals surface area contributed by atoms with Crippen LogP contribution in [0.4, 0.5) is 0 Å². The topological polar surface area (TPSA) is 72.9 Å². The van der Waals surface area contributed by atoms with Gasteiger partial charge in [-0.3, -0.25) is 4.79 Å². The summed E-state index contributed by atoms with van der Waals surface area (Å²) in [5.74, 6) is -0.0834. The molecule has 1 rings (SSSR count). The number of rotatable bonds is 7. The smallest absolute Gasteiger partial charge is 0.238 e. The molecule has 1 amide bonds. The zero-order valence-electron chi connectivity index (χ0n) is 11.2.